The Labute approximate surface area is 114 Å². The number of benzene rings is 1. The molecule has 0 aliphatic rings. The minimum Gasteiger partial charge on any atom is -0.484 e. The molecule has 106 valence electrons. The number of hydrogen-bond acceptors (Lipinski definition) is 3. The van der Waals surface area contributed by atoms with Crippen molar-refractivity contribution in [1.29, 1.82) is 0 Å². The van der Waals surface area contributed by atoms with Gasteiger partial charge in [-0.05, 0) is 36.8 Å². The predicted octanol–water partition coefficient (Wildman–Crippen LogP) is 3.58. The molecule has 1 heterocycles. The zero-order valence-electron chi connectivity index (χ0n) is 10.7. The summed E-state index contributed by atoms with van der Waals surface area (Å²) in [6.07, 6.45) is -4.35. The lowest BCUT2D eigenvalue weighted by molar-refractivity contribution is -0.153. The van der Waals surface area contributed by atoms with Crippen molar-refractivity contribution >= 4 is 5.82 Å². The van der Waals surface area contributed by atoms with Gasteiger partial charge in [0.05, 0.1) is 0 Å². The van der Waals surface area contributed by atoms with Crippen LogP contribution in [0.1, 0.15) is 5.69 Å². The molecule has 0 amide bonds. The largest absolute Gasteiger partial charge is 0.484 e. The van der Waals surface area contributed by atoms with Crippen molar-refractivity contribution in [2.45, 2.75) is 13.1 Å². The van der Waals surface area contributed by atoms with Gasteiger partial charge in [-0.15, -0.1) is 0 Å². The van der Waals surface area contributed by atoms with E-state index >= 15 is 0 Å². The predicted molar refractivity (Wildman–Crippen MR) is 70.4 cm³/mol. The van der Waals surface area contributed by atoms with E-state index in [-0.39, 0.29) is 5.75 Å². The SMILES string of the molecule is Cc1nc(N)ccc1-c1cccc(OCC(F)(F)F)c1. The van der Waals surface area contributed by atoms with Gasteiger partial charge in [0.25, 0.3) is 0 Å². The van der Waals surface area contributed by atoms with Gasteiger partial charge < -0.3 is 10.5 Å². The van der Waals surface area contributed by atoms with Crippen molar-refractivity contribution in [1.82, 2.24) is 4.98 Å². The van der Waals surface area contributed by atoms with E-state index in [0.717, 1.165) is 11.1 Å². The Morgan fingerprint density at radius 2 is 1.95 bits per heavy atom. The number of anilines is 1. The first-order valence-electron chi connectivity index (χ1n) is 5.88. The van der Waals surface area contributed by atoms with E-state index in [1.165, 1.54) is 6.07 Å². The van der Waals surface area contributed by atoms with Crippen molar-refractivity contribution in [3.63, 3.8) is 0 Å². The second-order valence-corrected chi connectivity index (χ2v) is 4.30. The summed E-state index contributed by atoms with van der Waals surface area (Å²) in [5, 5.41) is 0. The maximum Gasteiger partial charge on any atom is 0.422 e. The molecule has 1 aromatic carbocycles. The molecular formula is C14H13F3N2O. The second-order valence-electron chi connectivity index (χ2n) is 4.30. The molecule has 0 atom stereocenters. The first-order chi connectivity index (χ1) is 9.35. The number of alkyl halides is 3. The number of hydrogen-bond donors (Lipinski definition) is 1. The van der Waals surface area contributed by atoms with Crippen LogP contribution in [0.4, 0.5) is 19.0 Å². The molecule has 0 bridgehead atoms. The molecule has 0 aliphatic heterocycles. The van der Waals surface area contributed by atoms with E-state index in [1.54, 1.807) is 37.3 Å². The maximum atomic E-state index is 12.1. The molecule has 0 fully saturated rings. The molecule has 0 aliphatic carbocycles. The van der Waals surface area contributed by atoms with Crippen LogP contribution in [0.2, 0.25) is 0 Å². The van der Waals surface area contributed by atoms with Crippen molar-refractivity contribution in [2.24, 2.45) is 0 Å². The van der Waals surface area contributed by atoms with Crippen LogP contribution < -0.4 is 10.5 Å². The Bertz CT molecular complexity index is 612. The van der Waals surface area contributed by atoms with Gasteiger partial charge in [-0.3, -0.25) is 0 Å². The molecule has 0 saturated heterocycles. The highest BCUT2D eigenvalue weighted by atomic mass is 19.4. The Balaban J connectivity index is 2.25. The van der Waals surface area contributed by atoms with E-state index in [4.69, 9.17) is 10.5 Å². The number of halogens is 3. The molecule has 2 aromatic rings. The van der Waals surface area contributed by atoms with E-state index in [9.17, 15) is 13.2 Å². The normalized spacial score (nSPS) is 11.4. The molecule has 0 unspecified atom stereocenters. The van der Waals surface area contributed by atoms with Gasteiger partial charge in [-0.1, -0.05) is 12.1 Å². The van der Waals surface area contributed by atoms with Crippen molar-refractivity contribution in [2.75, 3.05) is 12.3 Å². The highest BCUT2D eigenvalue weighted by molar-refractivity contribution is 5.68. The van der Waals surface area contributed by atoms with Gasteiger partial charge in [0, 0.05) is 11.3 Å². The molecule has 1 aromatic heterocycles. The van der Waals surface area contributed by atoms with Crippen LogP contribution in [0.3, 0.4) is 0 Å². The minimum atomic E-state index is -4.35. The van der Waals surface area contributed by atoms with Crippen molar-refractivity contribution < 1.29 is 17.9 Å². The topological polar surface area (TPSA) is 48.1 Å². The summed E-state index contributed by atoms with van der Waals surface area (Å²) in [4.78, 5) is 4.12. The van der Waals surface area contributed by atoms with Gasteiger partial charge in [-0.2, -0.15) is 13.2 Å². The van der Waals surface area contributed by atoms with Crippen LogP contribution in [0.25, 0.3) is 11.1 Å². The van der Waals surface area contributed by atoms with Gasteiger partial charge in [0.2, 0.25) is 0 Å². The highest BCUT2D eigenvalue weighted by Crippen LogP contribution is 2.27. The van der Waals surface area contributed by atoms with Crippen molar-refractivity contribution in [3.05, 3.63) is 42.1 Å². The van der Waals surface area contributed by atoms with E-state index in [2.05, 4.69) is 4.98 Å². The first kappa shape index (κ1) is 14.2. The third-order valence-corrected chi connectivity index (χ3v) is 2.65. The summed E-state index contributed by atoms with van der Waals surface area (Å²) in [5.74, 6) is 0.562. The van der Waals surface area contributed by atoms with Gasteiger partial charge in [-0.25, -0.2) is 4.98 Å². The van der Waals surface area contributed by atoms with Crippen LogP contribution in [0.5, 0.6) is 5.75 Å². The molecule has 3 nitrogen and oxygen atoms in total. The van der Waals surface area contributed by atoms with Crippen LogP contribution in [-0.4, -0.2) is 17.8 Å². The lowest BCUT2D eigenvalue weighted by Gasteiger charge is -2.11. The summed E-state index contributed by atoms with van der Waals surface area (Å²) in [6, 6.07) is 9.87. The van der Waals surface area contributed by atoms with Gasteiger partial charge in [0.1, 0.15) is 11.6 Å². The number of aromatic nitrogens is 1. The lowest BCUT2D eigenvalue weighted by atomic mass is 10.0. The number of nitrogens with zero attached hydrogens (tertiary/aromatic N) is 1. The fourth-order valence-electron chi connectivity index (χ4n) is 1.80. The smallest absolute Gasteiger partial charge is 0.422 e. The molecule has 2 N–H and O–H groups in total. The molecule has 6 heteroatoms. The van der Waals surface area contributed by atoms with Crippen LogP contribution in [0, 0.1) is 6.92 Å². The number of aryl methyl sites for hydroxylation is 1. The third-order valence-electron chi connectivity index (χ3n) is 2.65. The van der Waals surface area contributed by atoms with Gasteiger partial charge in [0.15, 0.2) is 6.61 Å². The maximum absolute atomic E-state index is 12.1. The molecule has 20 heavy (non-hydrogen) atoms. The zero-order valence-corrected chi connectivity index (χ0v) is 10.7. The number of nitrogen functional groups attached to an aromatic ring is 1. The number of rotatable bonds is 3. The fraction of sp³-hybridized carbons (Fsp3) is 0.214. The monoisotopic (exact) mass is 282 g/mol. The summed E-state index contributed by atoms with van der Waals surface area (Å²) >= 11 is 0. The quantitative estimate of drug-likeness (QED) is 0.936. The summed E-state index contributed by atoms with van der Waals surface area (Å²) in [5.41, 5.74) is 7.81. The average molecular weight is 282 g/mol. The Hall–Kier alpha value is -2.24. The number of nitrogens with two attached hydrogens (primary N) is 1. The van der Waals surface area contributed by atoms with E-state index in [0.29, 0.717) is 11.5 Å². The summed E-state index contributed by atoms with van der Waals surface area (Å²) < 4.78 is 41.1. The zero-order chi connectivity index (χ0) is 14.8. The third kappa shape index (κ3) is 3.63. The highest BCUT2D eigenvalue weighted by Gasteiger charge is 2.28. The van der Waals surface area contributed by atoms with Gasteiger partial charge >= 0.3 is 6.18 Å². The first-order valence-corrected chi connectivity index (χ1v) is 5.88. The number of pyridine rings is 1. The fourth-order valence-corrected chi connectivity index (χ4v) is 1.80. The average Bonchev–Trinajstić information content (AvgIpc) is 2.36. The standard InChI is InChI=1S/C14H13F3N2O/c1-9-12(5-6-13(18)19-9)10-3-2-4-11(7-10)20-8-14(15,16)17/h2-7H,8H2,1H3,(H2,18,19). The van der Waals surface area contributed by atoms with E-state index in [1.807, 2.05) is 0 Å². The van der Waals surface area contributed by atoms with E-state index < -0.39 is 12.8 Å². The molecule has 0 spiro atoms. The van der Waals surface area contributed by atoms with Crippen molar-refractivity contribution in [3.8, 4) is 16.9 Å². The van der Waals surface area contributed by atoms with Crippen LogP contribution in [-0.2, 0) is 0 Å². The molecular weight excluding hydrogens is 269 g/mol. The molecule has 2 rings (SSSR count). The Morgan fingerprint density at radius 3 is 2.60 bits per heavy atom. The lowest BCUT2D eigenvalue weighted by Crippen LogP contribution is -2.19. The Morgan fingerprint density at radius 1 is 1.20 bits per heavy atom. The molecule has 0 radical (unpaired) electrons. The second kappa shape index (κ2) is 5.40. The molecule has 0 saturated carbocycles. The minimum absolute atomic E-state index is 0.163. The van der Waals surface area contributed by atoms with Crippen LogP contribution >= 0.6 is 0 Å². The summed E-state index contributed by atoms with van der Waals surface area (Å²) in [7, 11) is 0. The Kier molecular flexibility index (Phi) is 3.83. The summed E-state index contributed by atoms with van der Waals surface area (Å²) in [6.45, 7) is 0.477. The van der Waals surface area contributed by atoms with Crippen LogP contribution in [0.15, 0.2) is 36.4 Å². The number of ether oxygens (including phenoxy) is 1.